The standard InChI is InChI=1S/C13H13Cl2N7/c14-10-1-2-11(12(15)3-10)13(16,4-21-8-17-6-19-21)5-22-9-18-7-20-22/h1-3,6-9H,4-5,16H2. The van der Waals surface area contributed by atoms with Crippen LogP contribution in [0.3, 0.4) is 0 Å². The first-order valence-corrected chi connectivity index (χ1v) is 7.22. The van der Waals surface area contributed by atoms with Crippen molar-refractivity contribution in [3.8, 4) is 0 Å². The summed E-state index contributed by atoms with van der Waals surface area (Å²) in [4.78, 5) is 7.88. The van der Waals surface area contributed by atoms with E-state index in [4.69, 9.17) is 28.9 Å². The molecule has 0 amide bonds. The molecule has 0 unspecified atom stereocenters. The molecular formula is C13H13Cl2N7. The summed E-state index contributed by atoms with van der Waals surface area (Å²) in [6.07, 6.45) is 6.12. The number of rotatable bonds is 5. The Labute approximate surface area is 136 Å². The van der Waals surface area contributed by atoms with Crippen molar-refractivity contribution in [1.29, 1.82) is 0 Å². The summed E-state index contributed by atoms with van der Waals surface area (Å²) in [5.74, 6) is 0. The van der Waals surface area contributed by atoms with Crippen molar-refractivity contribution >= 4 is 23.2 Å². The van der Waals surface area contributed by atoms with Gasteiger partial charge >= 0.3 is 0 Å². The minimum absolute atomic E-state index is 0.383. The van der Waals surface area contributed by atoms with Crippen LogP contribution in [0.25, 0.3) is 0 Å². The third-order valence-electron chi connectivity index (χ3n) is 3.29. The summed E-state index contributed by atoms with van der Waals surface area (Å²) in [5.41, 5.74) is 6.56. The van der Waals surface area contributed by atoms with Crippen LogP contribution >= 0.6 is 23.2 Å². The number of hydrogen-bond donors (Lipinski definition) is 1. The monoisotopic (exact) mass is 337 g/mol. The first kappa shape index (κ1) is 15.0. The van der Waals surface area contributed by atoms with Crippen LogP contribution in [0.2, 0.25) is 10.0 Å². The van der Waals surface area contributed by atoms with E-state index >= 15 is 0 Å². The van der Waals surface area contributed by atoms with E-state index < -0.39 is 5.54 Å². The molecular weight excluding hydrogens is 325 g/mol. The largest absolute Gasteiger partial charge is 0.318 e. The molecule has 3 aromatic rings. The van der Waals surface area contributed by atoms with Crippen LogP contribution in [0, 0.1) is 0 Å². The fourth-order valence-corrected chi connectivity index (χ4v) is 2.92. The molecule has 7 nitrogen and oxygen atoms in total. The zero-order valence-electron chi connectivity index (χ0n) is 11.5. The Hall–Kier alpha value is -1.96. The highest BCUT2D eigenvalue weighted by Gasteiger charge is 2.32. The van der Waals surface area contributed by atoms with Crippen LogP contribution in [0.1, 0.15) is 5.56 Å². The van der Waals surface area contributed by atoms with Crippen molar-refractivity contribution in [2.75, 3.05) is 0 Å². The molecule has 2 N–H and O–H groups in total. The fraction of sp³-hybridized carbons (Fsp3) is 0.231. The Balaban J connectivity index is 2.01. The van der Waals surface area contributed by atoms with E-state index in [2.05, 4.69) is 20.2 Å². The quantitative estimate of drug-likeness (QED) is 0.765. The minimum atomic E-state index is -0.844. The van der Waals surface area contributed by atoms with E-state index in [0.29, 0.717) is 23.1 Å². The number of aromatic nitrogens is 6. The molecule has 0 fully saturated rings. The van der Waals surface area contributed by atoms with Gasteiger partial charge in [-0.05, 0) is 17.7 Å². The summed E-state index contributed by atoms with van der Waals surface area (Å²) in [5, 5.41) is 9.28. The number of benzene rings is 1. The van der Waals surface area contributed by atoms with Crippen molar-refractivity contribution in [1.82, 2.24) is 29.5 Å². The molecule has 22 heavy (non-hydrogen) atoms. The van der Waals surface area contributed by atoms with Gasteiger partial charge in [0.2, 0.25) is 0 Å². The SMILES string of the molecule is NC(Cn1cncn1)(Cn1cncn1)c1ccc(Cl)cc1Cl. The molecule has 0 atom stereocenters. The molecule has 2 aromatic heterocycles. The Kier molecular flexibility index (Phi) is 4.10. The molecule has 9 heteroatoms. The Morgan fingerprint density at radius 1 is 1.00 bits per heavy atom. The maximum atomic E-state index is 6.65. The first-order valence-electron chi connectivity index (χ1n) is 6.46. The Morgan fingerprint density at radius 3 is 2.05 bits per heavy atom. The van der Waals surface area contributed by atoms with E-state index in [9.17, 15) is 0 Å². The van der Waals surface area contributed by atoms with E-state index in [-0.39, 0.29) is 0 Å². The van der Waals surface area contributed by atoms with Gasteiger partial charge in [-0.2, -0.15) is 10.2 Å². The van der Waals surface area contributed by atoms with Gasteiger partial charge in [0.05, 0.1) is 18.6 Å². The topological polar surface area (TPSA) is 87.4 Å². The number of hydrogen-bond acceptors (Lipinski definition) is 5. The summed E-state index contributed by atoms with van der Waals surface area (Å²) in [6, 6.07) is 5.24. The van der Waals surface area contributed by atoms with Crippen molar-refractivity contribution < 1.29 is 0 Å². The predicted octanol–water partition coefficient (Wildman–Crippen LogP) is 1.73. The van der Waals surface area contributed by atoms with Crippen LogP contribution < -0.4 is 5.73 Å². The van der Waals surface area contributed by atoms with Gasteiger partial charge in [0.1, 0.15) is 25.3 Å². The summed E-state index contributed by atoms with van der Waals surface area (Å²) >= 11 is 12.3. The lowest BCUT2D eigenvalue weighted by Gasteiger charge is -2.30. The highest BCUT2D eigenvalue weighted by atomic mass is 35.5. The van der Waals surface area contributed by atoms with Crippen LogP contribution in [0.4, 0.5) is 0 Å². The van der Waals surface area contributed by atoms with Crippen molar-refractivity contribution in [3.63, 3.8) is 0 Å². The average molecular weight is 338 g/mol. The third-order valence-corrected chi connectivity index (χ3v) is 3.84. The van der Waals surface area contributed by atoms with Gasteiger partial charge in [-0.25, -0.2) is 9.97 Å². The number of nitrogens with zero attached hydrogens (tertiary/aromatic N) is 6. The van der Waals surface area contributed by atoms with Crippen molar-refractivity contribution in [2.24, 2.45) is 5.73 Å². The summed E-state index contributed by atoms with van der Waals surface area (Å²) in [7, 11) is 0. The van der Waals surface area contributed by atoms with Gasteiger partial charge < -0.3 is 5.73 Å². The maximum absolute atomic E-state index is 6.65. The second-order valence-corrected chi connectivity index (χ2v) is 5.81. The highest BCUT2D eigenvalue weighted by Crippen LogP contribution is 2.31. The second kappa shape index (κ2) is 6.04. The van der Waals surface area contributed by atoms with Gasteiger partial charge in [-0.1, -0.05) is 29.3 Å². The second-order valence-electron chi connectivity index (χ2n) is 4.97. The van der Waals surface area contributed by atoms with Crippen molar-refractivity contribution in [2.45, 2.75) is 18.6 Å². The normalized spacial score (nSPS) is 11.8. The summed E-state index contributed by atoms with van der Waals surface area (Å²) < 4.78 is 3.31. The molecule has 0 radical (unpaired) electrons. The average Bonchev–Trinajstić information content (AvgIpc) is 3.12. The lowest BCUT2D eigenvalue weighted by Crippen LogP contribution is -2.45. The van der Waals surface area contributed by atoms with Crippen molar-refractivity contribution in [3.05, 3.63) is 59.1 Å². The molecule has 0 saturated carbocycles. The molecule has 0 aliphatic carbocycles. The molecule has 0 spiro atoms. The van der Waals surface area contributed by atoms with Crippen LogP contribution in [0.5, 0.6) is 0 Å². The molecule has 1 aromatic carbocycles. The van der Waals surface area contributed by atoms with Gasteiger partial charge in [0, 0.05) is 10.0 Å². The Morgan fingerprint density at radius 2 is 1.59 bits per heavy atom. The van der Waals surface area contributed by atoms with E-state index in [0.717, 1.165) is 5.56 Å². The van der Waals surface area contributed by atoms with E-state index in [1.54, 1.807) is 34.2 Å². The molecule has 0 bridgehead atoms. The van der Waals surface area contributed by atoms with Crippen LogP contribution in [-0.2, 0) is 18.6 Å². The fourth-order valence-electron chi connectivity index (χ4n) is 2.32. The maximum Gasteiger partial charge on any atom is 0.137 e. The minimum Gasteiger partial charge on any atom is -0.318 e. The smallest absolute Gasteiger partial charge is 0.137 e. The lowest BCUT2D eigenvalue weighted by atomic mass is 9.90. The first-order chi connectivity index (χ1) is 10.6. The highest BCUT2D eigenvalue weighted by molar-refractivity contribution is 6.35. The lowest BCUT2D eigenvalue weighted by molar-refractivity contribution is 0.295. The molecule has 0 aliphatic heterocycles. The Bertz CT molecular complexity index is 704. The van der Waals surface area contributed by atoms with Gasteiger partial charge in [0.15, 0.2) is 0 Å². The predicted molar refractivity (Wildman–Crippen MR) is 82.4 cm³/mol. The van der Waals surface area contributed by atoms with Crippen LogP contribution in [0.15, 0.2) is 43.5 Å². The number of halogens is 2. The summed E-state index contributed by atoms with van der Waals surface area (Å²) in [6.45, 7) is 0.766. The van der Waals surface area contributed by atoms with Crippen LogP contribution in [-0.4, -0.2) is 29.5 Å². The molecule has 114 valence electrons. The zero-order valence-corrected chi connectivity index (χ0v) is 13.0. The van der Waals surface area contributed by atoms with Gasteiger partial charge in [-0.15, -0.1) is 0 Å². The molecule has 3 rings (SSSR count). The molecule has 0 aliphatic rings. The van der Waals surface area contributed by atoms with E-state index in [1.807, 2.05) is 6.07 Å². The van der Waals surface area contributed by atoms with E-state index in [1.165, 1.54) is 12.7 Å². The molecule has 2 heterocycles. The van der Waals surface area contributed by atoms with Gasteiger partial charge in [-0.3, -0.25) is 9.36 Å². The molecule has 0 saturated heterocycles. The zero-order chi connectivity index (χ0) is 15.6. The third kappa shape index (κ3) is 3.11. The van der Waals surface area contributed by atoms with Gasteiger partial charge in [0.25, 0.3) is 0 Å². The number of nitrogens with two attached hydrogens (primary N) is 1.